The number of sulfonamides is 1. The van der Waals surface area contributed by atoms with Gasteiger partial charge >= 0.3 is 0 Å². The van der Waals surface area contributed by atoms with E-state index in [0.717, 1.165) is 0 Å². The van der Waals surface area contributed by atoms with Crippen LogP contribution in [0.4, 0.5) is 0 Å². The zero-order chi connectivity index (χ0) is 12.3. The zero-order valence-electron chi connectivity index (χ0n) is 9.24. The summed E-state index contributed by atoms with van der Waals surface area (Å²) in [5.41, 5.74) is 0.589. The Morgan fingerprint density at radius 1 is 1.35 bits per heavy atom. The molecule has 94 valence electrons. The van der Waals surface area contributed by atoms with E-state index < -0.39 is 10.0 Å². The van der Waals surface area contributed by atoms with E-state index in [1.807, 2.05) is 0 Å². The number of aliphatic hydroxyl groups excluding tert-OH is 1. The Balaban J connectivity index is 2.23. The first kappa shape index (κ1) is 12.4. The topological polar surface area (TPSA) is 79.7 Å². The van der Waals surface area contributed by atoms with Gasteiger partial charge in [-0.15, -0.1) is 0 Å². The second-order valence-electron chi connectivity index (χ2n) is 3.68. The largest absolute Gasteiger partial charge is 0.392 e. The summed E-state index contributed by atoms with van der Waals surface area (Å²) in [4.78, 5) is 3.87. The van der Waals surface area contributed by atoms with E-state index in [1.54, 1.807) is 6.07 Å². The fourth-order valence-electron chi connectivity index (χ4n) is 1.58. The Bertz CT molecular complexity index is 466. The molecule has 0 atom stereocenters. The maximum absolute atomic E-state index is 12.1. The first-order chi connectivity index (χ1) is 8.14. The van der Waals surface area contributed by atoms with Gasteiger partial charge in [-0.25, -0.2) is 13.4 Å². The van der Waals surface area contributed by atoms with E-state index in [9.17, 15) is 8.42 Å². The second-order valence-corrected chi connectivity index (χ2v) is 5.56. The summed E-state index contributed by atoms with van der Waals surface area (Å²) in [5.74, 6) is 0. The molecule has 0 spiro atoms. The minimum absolute atomic E-state index is 0.0107. The molecule has 2 rings (SSSR count). The van der Waals surface area contributed by atoms with Crippen LogP contribution in [0, 0.1) is 0 Å². The van der Waals surface area contributed by atoms with Crippen LogP contribution < -0.4 is 0 Å². The Labute approximate surface area is 99.9 Å². The highest BCUT2D eigenvalue weighted by molar-refractivity contribution is 7.89. The molecule has 1 aromatic rings. The maximum atomic E-state index is 12.1. The number of morpholine rings is 1. The molecule has 1 aliphatic rings. The van der Waals surface area contributed by atoms with E-state index >= 15 is 0 Å². The van der Waals surface area contributed by atoms with E-state index in [1.165, 1.54) is 16.6 Å². The predicted octanol–water partition coefficient (Wildman–Crippen LogP) is -0.405. The number of hydrogen-bond donors (Lipinski definition) is 1. The molecule has 0 bridgehead atoms. The molecule has 2 heterocycles. The Morgan fingerprint density at radius 2 is 2.06 bits per heavy atom. The number of aliphatic hydroxyl groups is 1. The SMILES string of the molecule is O=S(=O)(c1ccc(CO)cn1)N1CCOCC1. The third-order valence-corrected chi connectivity index (χ3v) is 4.37. The van der Waals surface area contributed by atoms with Crippen molar-refractivity contribution in [3.8, 4) is 0 Å². The third-order valence-electron chi connectivity index (χ3n) is 2.55. The van der Waals surface area contributed by atoms with Crippen molar-refractivity contribution in [1.82, 2.24) is 9.29 Å². The summed E-state index contributed by atoms with van der Waals surface area (Å²) < 4.78 is 30.7. The lowest BCUT2D eigenvalue weighted by Crippen LogP contribution is -2.40. The lowest BCUT2D eigenvalue weighted by molar-refractivity contribution is 0.0729. The standard InChI is InChI=1S/C10H14N2O4S/c13-8-9-1-2-10(11-7-9)17(14,15)12-3-5-16-6-4-12/h1-2,7,13H,3-6,8H2. The van der Waals surface area contributed by atoms with Crippen LogP contribution in [0.5, 0.6) is 0 Å². The van der Waals surface area contributed by atoms with Crippen molar-refractivity contribution in [2.45, 2.75) is 11.6 Å². The molecule has 1 aromatic heterocycles. The minimum Gasteiger partial charge on any atom is -0.392 e. The van der Waals surface area contributed by atoms with Gasteiger partial charge in [-0.1, -0.05) is 6.07 Å². The normalized spacial score (nSPS) is 18.2. The van der Waals surface area contributed by atoms with Crippen LogP contribution in [0.25, 0.3) is 0 Å². The van der Waals surface area contributed by atoms with Crippen LogP contribution in [0.2, 0.25) is 0 Å². The van der Waals surface area contributed by atoms with Gasteiger partial charge in [-0.05, 0) is 11.6 Å². The van der Waals surface area contributed by atoms with Crippen LogP contribution in [-0.2, 0) is 21.4 Å². The van der Waals surface area contributed by atoms with Crippen molar-refractivity contribution >= 4 is 10.0 Å². The zero-order valence-corrected chi connectivity index (χ0v) is 10.1. The highest BCUT2D eigenvalue weighted by atomic mass is 32.2. The molecular weight excluding hydrogens is 244 g/mol. The predicted molar refractivity (Wildman–Crippen MR) is 59.7 cm³/mol. The summed E-state index contributed by atoms with van der Waals surface area (Å²) in [6, 6.07) is 2.97. The number of rotatable bonds is 3. The number of aromatic nitrogens is 1. The molecule has 0 aromatic carbocycles. The van der Waals surface area contributed by atoms with Crippen LogP contribution in [0.1, 0.15) is 5.56 Å². The molecule has 0 radical (unpaired) electrons. The minimum atomic E-state index is -3.53. The van der Waals surface area contributed by atoms with Gasteiger partial charge in [0.25, 0.3) is 10.0 Å². The number of ether oxygens (including phenoxy) is 1. The molecule has 7 heteroatoms. The molecule has 0 saturated carbocycles. The van der Waals surface area contributed by atoms with Gasteiger partial charge in [0.15, 0.2) is 5.03 Å². The van der Waals surface area contributed by atoms with E-state index in [-0.39, 0.29) is 11.6 Å². The fraction of sp³-hybridized carbons (Fsp3) is 0.500. The highest BCUT2D eigenvalue weighted by Crippen LogP contribution is 2.14. The number of nitrogens with zero attached hydrogens (tertiary/aromatic N) is 2. The van der Waals surface area contributed by atoms with E-state index in [0.29, 0.717) is 31.9 Å². The summed E-state index contributed by atoms with van der Waals surface area (Å²) in [7, 11) is -3.53. The Hall–Kier alpha value is -1.02. The Morgan fingerprint density at radius 3 is 2.59 bits per heavy atom. The second kappa shape index (κ2) is 5.09. The smallest absolute Gasteiger partial charge is 0.260 e. The fourth-order valence-corrected chi connectivity index (χ4v) is 2.90. The molecule has 0 unspecified atom stereocenters. The van der Waals surface area contributed by atoms with E-state index in [2.05, 4.69) is 4.98 Å². The lowest BCUT2D eigenvalue weighted by atomic mass is 10.3. The first-order valence-electron chi connectivity index (χ1n) is 5.28. The van der Waals surface area contributed by atoms with Crippen LogP contribution in [-0.4, -0.2) is 49.1 Å². The molecule has 1 saturated heterocycles. The first-order valence-corrected chi connectivity index (χ1v) is 6.72. The Kier molecular flexibility index (Phi) is 3.72. The quantitative estimate of drug-likeness (QED) is 0.797. The van der Waals surface area contributed by atoms with Gasteiger partial charge in [-0.3, -0.25) is 0 Å². The van der Waals surface area contributed by atoms with Crippen molar-refractivity contribution in [2.24, 2.45) is 0 Å². The van der Waals surface area contributed by atoms with Gasteiger partial charge in [0.05, 0.1) is 19.8 Å². The van der Waals surface area contributed by atoms with Gasteiger partial charge in [0.1, 0.15) is 0 Å². The summed E-state index contributed by atoms with van der Waals surface area (Å²) in [6.45, 7) is 1.38. The van der Waals surface area contributed by atoms with Crippen molar-refractivity contribution < 1.29 is 18.3 Å². The van der Waals surface area contributed by atoms with Gasteiger partial charge in [0.2, 0.25) is 0 Å². The third kappa shape index (κ3) is 2.63. The van der Waals surface area contributed by atoms with Crippen molar-refractivity contribution in [1.29, 1.82) is 0 Å². The lowest BCUT2D eigenvalue weighted by Gasteiger charge is -2.25. The van der Waals surface area contributed by atoms with Crippen LogP contribution in [0.15, 0.2) is 23.4 Å². The summed E-state index contributed by atoms with van der Waals surface area (Å²) in [5, 5.41) is 8.87. The monoisotopic (exact) mass is 258 g/mol. The average molecular weight is 258 g/mol. The van der Waals surface area contributed by atoms with Crippen LogP contribution >= 0.6 is 0 Å². The molecule has 1 N–H and O–H groups in total. The molecule has 1 aliphatic heterocycles. The highest BCUT2D eigenvalue weighted by Gasteiger charge is 2.27. The number of pyridine rings is 1. The molecule has 0 aliphatic carbocycles. The van der Waals surface area contributed by atoms with Gasteiger partial charge < -0.3 is 9.84 Å². The summed E-state index contributed by atoms with van der Waals surface area (Å²) in [6.07, 6.45) is 1.37. The van der Waals surface area contributed by atoms with E-state index in [4.69, 9.17) is 9.84 Å². The summed E-state index contributed by atoms with van der Waals surface area (Å²) >= 11 is 0. The molecule has 1 fully saturated rings. The van der Waals surface area contributed by atoms with Gasteiger partial charge in [0, 0.05) is 19.3 Å². The maximum Gasteiger partial charge on any atom is 0.260 e. The van der Waals surface area contributed by atoms with Gasteiger partial charge in [-0.2, -0.15) is 4.31 Å². The van der Waals surface area contributed by atoms with Crippen LogP contribution in [0.3, 0.4) is 0 Å². The van der Waals surface area contributed by atoms with Crippen molar-refractivity contribution in [2.75, 3.05) is 26.3 Å². The molecule has 0 amide bonds. The van der Waals surface area contributed by atoms with Crippen molar-refractivity contribution in [3.05, 3.63) is 23.9 Å². The average Bonchev–Trinajstić information content (AvgIpc) is 2.40. The molecular formula is C10H14N2O4S. The van der Waals surface area contributed by atoms with Crippen molar-refractivity contribution in [3.63, 3.8) is 0 Å². The number of hydrogen-bond acceptors (Lipinski definition) is 5. The molecule has 17 heavy (non-hydrogen) atoms. The molecule has 6 nitrogen and oxygen atoms in total.